The van der Waals surface area contributed by atoms with Gasteiger partial charge in [-0.1, -0.05) is 25.8 Å². The quantitative estimate of drug-likeness (QED) is 0.835. The monoisotopic (exact) mass is 257 g/mol. The minimum Gasteiger partial charge on any atom is -0.508 e. The molecule has 0 spiro atoms. The first-order valence-electron chi connectivity index (χ1n) is 6.72. The molecule has 0 aliphatic rings. The number of aryl methyl sites for hydroxylation is 1. The van der Waals surface area contributed by atoms with Crippen LogP contribution in [-0.2, 0) is 6.42 Å². The van der Waals surface area contributed by atoms with Gasteiger partial charge in [0.05, 0.1) is 0 Å². The second kappa shape index (κ2) is 6.23. The lowest BCUT2D eigenvalue weighted by molar-refractivity contribution is 0.475. The summed E-state index contributed by atoms with van der Waals surface area (Å²) in [5, 5.41) is 9.33. The summed E-state index contributed by atoms with van der Waals surface area (Å²) in [5.41, 5.74) is 1.79. The highest BCUT2D eigenvalue weighted by Crippen LogP contribution is 2.15. The molecule has 0 aliphatic carbocycles. The van der Waals surface area contributed by atoms with Crippen LogP contribution in [0, 0.1) is 0 Å². The van der Waals surface area contributed by atoms with Crippen LogP contribution in [0.15, 0.2) is 47.3 Å². The van der Waals surface area contributed by atoms with Crippen molar-refractivity contribution in [2.75, 3.05) is 0 Å². The highest BCUT2D eigenvalue weighted by molar-refractivity contribution is 5.38. The molecule has 2 rings (SSSR count). The van der Waals surface area contributed by atoms with Crippen LogP contribution < -0.4 is 5.56 Å². The molecule has 0 unspecified atom stereocenters. The van der Waals surface area contributed by atoms with Gasteiger partial charge in [-0.2, -0.15) is 0 Å². The molecule has 1 heterocycles. The minimum absolute atomic E-state index is 0.0281. The van der Waals surface area contributed by atoms with E-state index in [9.17, 15) is 9.90 Å². The average molecular weight is 257 g/mol. The van der Waals surface area contributed by atoms with Gasteiger partial charge in [-0.05, 0) is 43.2 Å². The number of pyridine rings is 1. The van der Waals surface area contributed by atoms with E-state index in [0.29, 0.717) is 0 Å². The second-order valence-electron chi connectivity index (χ2n) is 4.66. The van der Waals surface area contributed by atoms with Gasteiger partial charge in [0, 0.05) is 17.4 Å². The first kappa shape index (κ1) is 13.4. The molecule has 19 heavy (non-hydrogen) atoms. The summed E-state index contributed by atoms with van der Waals surface area (Å²) < 4.78 is 1.72. The zero-order valence-electron chi connectivity index (χ0n) is 11.2. The summed E-state index contributed by atoms with van der Waals surface area (Å²) in [4.78, 5) is 12.1. The van der Waals surface area contributed by atoms with Crippen LogP contribution in [0.25, 0.3) is 5.69 Å². The van der Waals surface area contributed by atoms with Crippen molar-refractivity contribution in [2.24, 2.45) is 0 Å². The maximum absolute atomic E-state index is 12.1. The average Bonchev–Trinajstić information content (AvgIpc) is 2.41. The van der Waals surface area contributed by atoms with Gasteiger partial charge in [0.25, 0.3) is 5.56 Å². The number of rotatable bonds is 5. The van der Waals surface area contributed by atoms with E-state index in [1.165, 1.54) is 6.42 Å². The molecule has 1 aromatic heterocycles. The van der Waals surface area contributed by atoms with E-state index in [4.69, 9.17) is 0 Å². The normalized spacial score (nSPS) is 10.6. The van der Waals surface area contributed by atoms with E-state index in [0.717, 1.165) is 30.6 Å². The van der Waals surface area contributed by atoms with Crippen molar-refractivity contribution in [3.05, 3.63) is 58.5 Å². The summed E-state index contributed by atoms with van der Waals surface area (Å²) in [5.74, 6) is 0.209. The zero-order valence-corrected chi connectivity index (χ0v) is 11.2. The number of benzene rings is 1. The van der Waals surface area contributed by atoms with E-state index < -0.39 is 0 Å². The first-order chi connectivity index (χ1) is 9.22. The minimum atomic E-state index is -0.0281. The summed E-state index contributed by atoms with van der Waals surface area (Å²) in [6.07, 6.45) is 4.30. The van der Waals surface area contributed by atoms with Gasteiger partial charge in [-0.25, -0.2) is 0 Å². The highest BCUT2D eigenvalue weighted by Gasteiger charge is 2.05. The summed E-state index contributed by atoms with van der Waals surface area (Å²) in [6, 6.07) is 12.1. The molecule has 3 heteroatoms. The third-order valence-electron chi connectivity index (χ3n) is 3.18. The predicted octanol–water partition coefficient (Wildman–Crippen LogP) is 3.28. The molecule has 0 fully saturated rings. The van der Waals surface area contributed by atoms with Gasteiger partial charge in [0.2, 0.25) is 0 Å². The second-order valence-corrected chi connectivity index (χ2v) is 4.66. The van der Waals surface area contributed by atoms with Crippen molar-refractivity contribution < 1.29 is 5.11 Å². The topological polar surface area (TPSA) is 42.2 Å². The van der Waals surface area contributed by atoms with Crippen molar-refractivity contribution in [3.63, 3.8) is 0 Å². The number of nitrogens with zero attached hydrogens (tertiary/aromatic N) is 1. The Kier molecular flexibility index (Phi) is 4.39. The third kappa shape index (κ3) is 3.25. The number of phenols is 1. The fourth-order valence-corrected chi connectivity index (χ4v) is 2.18. The fourth-order valence-electron chi connectivity index (χ4n) is 2.18. The predicted molar refractivity (Wildman–Crippen MR) is 76.9 cm³/mol. The van der Waals surface area contributed by atoms with Gasteiger partial charge in [0.15, 0.2) is 0 Å². The van der Waals surface area contributed by atoms with Crippen LogP contribution in [0.4, 0.5) is 0 Å². The molecule has 0 saturated carbocycles. The van der Waals surface area contributed by atoms with E-state index >= 15 is 0 Å². The molecule has 100 valence electrons. The molecule has 0 aliphatic heterocycles. The molecule has 1 N–H and O–H groups in total. The molecular formula is C16H19NO2. The Hall–Kier alpha value is -2.03. The van der Waals surface area contributed by atoms with Gasteiger partial charge >= 0.3 is 0 Å². The summed E-state index contributed by atoms with van der Waals surface area (Å²) in [6.45, 7) is 2.16. The van der Waals surface area contributed by atoms with Crippen LogP contribution >= 0.6 is 0 Å². The van der Waals surface area contributed by atoms with Crippen LogP contribution in [0.5, 0.6) is 5.75 Å². The van der Waals surface area contributed by atoms with Crippen LogP contribution in [0.3, 0.4) is 0 Å². The van der Waals surface area contributed by atoms with Crippen molar-refractivity contribution in [1.29, 1.82) is 0 Å². The highest BCUT2D eigenvalue weighted by atomic mass is 16.3. The van der Waals surface area contributed by atoms with E-state index in [2.05, 4.69) is 6.92 Å². The van der Waals surface area contributed by atoms with Crippen molar-refractivity contribution in [3.8, 4) is 11.4 Å². The Morgan fingerprint density at radius 2 is 1.79 bits per heavy atom. The van der Waals surface area contributed by atoms with Crippen molar-refractivity contribution in [2.45, 2.75) is 32.6 Å². The molecule has 0 atom stereocenters. The maximum Gasteiger partial charge on any atom is 0.255 e. The molecule has 0 saturated heterocycles. The number of hydrogen-bond acceptors (Lipinski definition) is 2. The Labute approximate surface area is 113 Å². The van der Waals surface area contributed by atoms with Gasteiger partial charge in [-0.3, -0.25) is 9.36 Å². The number of aromatic nitrogens is 1. The molecule has 0 amide bonds. The van der Waals surface area contributed by atoms with Crippen molar-refractivity contribution >= 4 is 0 Å². The fraction of sp³-hybridized carbons (Fsp3) is 0.312. The lowest BCUT2D eigenvalue weighted by Gasteiger charge is -2.12. The number of aromatic hydroxyl groups is 1. The van der Waals surface area contributed by atoms with Crippen LogP contribution in [-0.4, -0.2) is 9.67 Å². The Balaban J connectivity index is 2.37. The van der Waals surface area contributed by atoms with Crippen LogP contribution in [0.2, 0.25) is 0 Å². The van der Waals surface area contributed by atoms with Crippen molar-refractivity contribution in [1.82, 2.24) is 4.57 Å². The van der Waals surface area contributed by atoms with Crippen LogP contribution in [0.1, 0.15) is 31.9 Å². The number of unbranched alkanes of at least 4 members (excludes halogenated alkanes) is 2. The molecule has 0 radical (unpaired) electrons. The molecular weight excluding hydrogens is 238 g/mol. The van der Waals surface area contributed by atoms with E-state index in [1.807, 2.05) is 6.07 Å². The summed E-state index contributed by atoms with van der Waals surface area (Å²) in [7, 11) is 0. The van der Waals surface area contributed by atoms with E-state index in [1.54, 1.807) is 41.0 Å². The smallest absolute Gasteiger partial charge is 0.255 e. The lowest BCUT2D eigenvalue weighted by Crippen LogP contribution is -2.20. The largest absolute Gasteiger partial charge is 0.508 e. The molecule has 3 nitrogen and oxygen atoms in total. The Bertz CT molecular complexity index is 584. The van der Waals surface area contributed by atoms with Gasteiger partial charge < -0.3 is 5.11 Å². The zero-order chi connectivity index (χ0) is 13.7. The number of phenolic OH excluding ortho intramolecular Hbond substituents is 1. The summed E-state index contributed by atoms with van der Waals surface area (Å²) >= 11 is 0. The first-order valence-corrected chi connectivity index (χ1v) is 6.72. The Morgan fingerprint density at radius 3 is 2.47 bits per heavy atom. The van der Waals surface area contributed by atoms with Gasteiger partial charge in [-0.15, -0.1) is 0 Å². The number of hydrogen-bond donors (Lipinski definition) is 1. The molecule has 1 aromatic carbocycles. The van der Waals surface area contributed by atoms with E-state index in [-0.39, 0.29) is 11.3 Å². The molecule has 2 aromatic rings. The maximum atomic E-state index is 12.1. The Morgan fingerprint density at radius 1 is 1.05 bits per heavy atom. The lowest BCUT2D eigenvalue weighted by atomic mass is 10.1. The SMILES string of the molecule is CCCCCc1cccc(=O)n1-c1ccc(O)cc1. The third-order valence-corrected chi connectivity index (χ3v) is 3.18. The standard InChI is InChI=1S/C16H19NO2/c1-2-3-4-6-13-7-5-8-16(19)17(13)14-9-11-15(18)12-10-14/h5,7-12,18H,2-4,6H2,1H3. The van der Waals surface area contributed by atoms with Gasteiger partial charge in [0.1, 0.15) is 5.75 Å². The molecule has 0 bridgehead atoms.